The van der Waals surface area contributed by atoms with Crippen molar-refractivity contribution in [2.24, 2.45) is 5.41 Å². The number of benzene rings is 1. The third-order valence-corrected chi connectivity index (χ3v) is 7.33. The van der Waals surface area contributed by atoms with Gasteiger partial charge in [0, 0.05) is 31.7 Å². The smallest absolute Gasteiger partial charge is 0.306 e. The Morgan fingerprint density at radius 2 is 1.47 bits per heavy atom. The summed E-state index contributed by atoms with van der Waals surface area (Å²) in [4.78, 5) is 25.1. The molecule has 0 bridgehead atoms. The Labute approximate surface area is 219 Å². The van der Waals surface area contributed by atoms with E-state index in [1.54, 1.807) is 0 Å². The molecule has 1 heterocycles. The van der Waals surface area contributed by atoms with Crippen molar-refractivity contribution in [3.8, 4) is 11.5 Å². The first kappa shape index (κ1) is 30.1. The number of quaternary nitrogens is 1. The molecular weight excluding hydrogens is 454 g/mol. The maximum Gasteiger partial charge on any atom is 0.306 e. The van der Waals surface area contributed by atoms with Gasteiger partial charge in [0.15, 0.2) is 0 Å². The number of rotatable bonds is 18. The molecule has 36 heavy (non-hydrogen) atoms. The van der Waals surface area contributed by atoms with Gasteiger partial charge < -0.3 is 18.7 Å². The van der Waals surface area contributed by atoms with E-state index in [9.17, 15) is 9.59 Å². The topological polar surface area (TPSA) is 61.8 Å². The largest absolute Gasteiger partial charge is 0.493 e. The summed E-state index contributed by atoms with van der Waals surface area (Å²) in [5.74, 6) is 1.80. The first-order valence-corrected chi connectivity index (χ1v) is 14.1. The molecule has 1 aliphatic heterocycles. The number of hydrogen-bond donors (Lipinski definition) is 0. The lowest BCUT2D eigenvalue weighted by Gasteiger charge is -2.44. The lowest BCUT2D eigenvalue weighted by Crippen LogP contribution is -2.50. The van der Waals surface area contributed by atoms with Gasteiger partial charge in [-0.1, -0.05) is 32.3 Å². The summed E-state index contributed by atoms with van der Waals surface area (Å²) in [7, 11) is 4.44. The number of unbranched alkanes of at least 4 members (excludes halogenated alkanes) is 5. The molecule has 0 radical (unpaired) electrons. The molecule has 2 rings (SSSR count). The third kappa shape index (κ3) is 11.8. The zero-order chi connectivity index (χ0) is 26.3. The number of nitrogens with zero attached hydrogens (tertiary/aromatic N) is 1. The highest BCUT2D eigenvalue weighted by Gasteiger charge is 2.42. The van der Waals surface area contributed by atoms with Crippen LogP contribution in [-0.2, 0) is 14.3 Å². The molecule has 0 saturated carbocycles. The van der Waals surface area contributed by atoms with Crippen molar-refractivity contribution in [1.82, 2.24) is 0 Å². The summed E-state index contributed by atoms with van der Waals surface area (Å²) in [5, 5.41) is 0. The molecule has 0 aromatic heterocycles. The predicted octanol–water partition coefficient (Wildman–Crippen LogP) is 6.35. The lowest BCUT2D eigenvalue weighted by molar-refractivity contribution is -0.897. The summed E-state index contributed by atoms with van der Waals surface area (Å²) < 4.78 is 17.9. The van der Waals surface area contributed by atoms with E-state index < -0.39 is 0 Å². The highest BCUT2D eigenvalue weighted by Crippen LogP contribution is 2.40. The van der Waals surface area contributed by atoms with Crippen LogP contribution in [-0.4, -0.2) is 63.2 Å². The van der Waals surface area contributed by atoms with Crippen molar-refractivity contribution in [3.05, 3.63) is 24.3 Å². The quantitative estimate of drug-likeness (QED) is 0.132. The molecule has 6 heteroatoms. The predicted molar refractivity (Wildman–Crippen MR) is 144 cm³/mol. The standard InChI is InChI=1S/C30H50NO5/c1-5-7-8-11-21-35-27-15-13-16-28(23-27)36-22-12-9-10-14-26(32)24-30(25-29(33)34-6-2)17-19-31(3,4)20-18-30/h13,15-16,23H,5-12,14,17-22,24-25H2,1-4H3/q+1. The summed E-state index contributed by atoms with van der Waals surface area (Å²) >= 11 is 0. The van der Waals surface area contributed by atoms with Gasteiger partial charge in [0.2, 0.25) is 0 Å². The molecule has 0 spiro atoms. The number of ether oxygens (including phenoxy) is 3. The Morgan fingerprint density at radius 1 is 0.861 bits per heavy atom. The van der Waals surface area contributed by atoms with Crippen LogP contribution in [0.2, 0.25) is 0 Å². The average Bonchev–Trinajstić information content (AvgIpc) is 2.83. The number of Topliss-reactive ketones (excluding diaryl/α,β-unsaturated/α-hetero) is 1. The number of ketones is 1. The van der Waals surface area contributed by atoms with Gasteiger partial charge >= 0.3 is 5.97 Å². The van der Waals surface area contributed by atoms with E-state index in [1.165, 1.54) is 19.3 Å². The molecule has 0 atom stereocenters. The van der Waals surface area contributed by atoms with E-state index in [4.69, 9.17) is 14.2 Å². The van der Waals surface area contributed by atoms with Crippen LogP contribution in [0.5, 0.6) is 11.5 Å². The zero-order valence-corrected chi connectivity index (χ0v) is 23.3. The van der Waals surface area contributed by atoms with E-state index in [0.29, 0.717) is 32.5 Å². The lowest BCUT2D eigenvalue weighted by atomic mass is 9.71. The Balaban J connectivity index is 1.67. The van der Waals surface area contributed by atoms with Crippen LogP contribution in [0.15, 0.2) is 24.3 Å². The number of esters is 1. The molecule has 1 aromatic rings. The number of carbonyl (C=O) groups excluding carboxylic acids is 2. The zero-order valence-electron chi connectivity index (χ0n) is 23.3. The molecule has 1 aliphatic rings. The Bertz CT molecular complexity index is 781. The first-order chi connectivity index (χ1) is 17.3. The minimum atomic E-state index is -0.233. The fraction of sp³-hybridized carbons (Fsp3) is 0.733. The van der Waals surface area contributed by atoms with Crippen LogP contribution in [0.25, 0.3) is 0 Å². The minimum absolute atomic E-state index is 0.166. The summed E-state index contributed by atoms with van der Waals surface area (Å²) in [5.41, 5.74) is -0.233. The van der Waals surface area contributed by atoms with Crippen molar-refractivity contribution in [2.75, 3.05) is 47.0 Å². The molecule has 0 unspecified atom stereocenters. The molecule has 0 amide bonds. The Morgan fingerprint density at radius 3 is 2.06 bits per heavy atom. The highest BCUT2D eigenvalue weighted by atomic mass is 16.5. The van der Waals surface area contributed by atoms with Gasteiger partial charge in [0.05, 0.1) is 53.4 Å². The third-order valence-electron chi connectivity index (χ3n) is 7.33. The first-order valence-electron chi connectivity index (χ1n) is 14.1. The Hall–Kier alpha value is -2.08. The van der Waals surface area contributed by atoms with E-state index in [0.717, 1.165) is 74.2 Å². The normalized spacial score (nSPS) is 16.3. The van der Waals surface area contributed by atoms with Crippen molar-refractivity contribution < 1.29 is 28.3 Å². The van der Waals surface area contributed by atoms with Crippen molar-refractivity contribution in [1.29, 1.82) is 0 Å². The molecule has 204 valence electrons. The fourth-order valence-electron chi connectivity index (χ4n) is 4.92. The molecule has 0 aliphatic carbocycles. The number of carbonyl (C=O) groups is 2. The van der Waals surface area contributed by atoms with Gasteiger partial charge in [-0.15, -0.1) is 0 Å². The maximum atomic E-state index is 12.9. The van der Waals surface area contributed by atoms with E-state index in [2.05, 4.69) is 21.0 Å². The van der Waals surface area contributed by atoms with Crippen LogP contribution in [0.4, 0.5) is 0 Å². The van der Waals surface area contributed by atoms with Gasteiger partial charge in [-0.2, -0.15) is 0 Å². The van der Waals surface area contributed by atoms with Crippen molar-refractivity contribution in [3.63, 3.8) is 0 Å². The SMILES string of the molecule is CCCCCCOc1cccc(OCCCCCC(=O)CC2(CC(=O)OCC)CC[N+](C)(C)CC2)c1. The molecule has 6 nitrogen and oxygen atoms in total. The van der Waals surface area contributed by atoms with Gasteiger partial charge in [0.1, 0.15) is 17.3 Å². The summed E-state index contributed by atoms with van der Waals surface area (Å²) in [6, 6.07) is 7.85. The second-order valence-corrected chi connectivity index (χ2v) is 11.1. The van der Waals surface area contributed by atoms with Crippen LogP contribution in [0.1, 0.15) is 90.9 Å². The molecule has 1 fully saturated rings. The second-order valence-electron chi connectivity index (χ2n) is 11.1. The molecular formula is C30H50NO5+. The van der Waals surface area contributed by atoms with E-state index in [1.807, 2.05) is 31.2 Å². The van der Waals surface area contributed by atoms with Gasteiger partial charge in [0.25, 0.3) is 0 Å². The van der Waals surface area contributed by atoms with E-state index >= 15 is 0 Å². The summed E-state index contributed by atoms with van der Waals surface area (Å²) in [6.07, 6.45) is 10.7. The van der Waals surface area contributed by atoms with E-state index in [-0.39, 0.29) is 17.2 Å². The number of hydrogen-bond acceptors (Lipinski definition) is 5. The van der Waals surface area contributed by atoms with Gasteiger partial charge in [-0.05, 0) is 50.2 Å². The van der Waals surface area contributed by atoms with Crippen LogP contribution >= 0.6 is 0 Å². The summed E-state index contributed by atoms with van der Waals surface area (Å²) in [6.45, 7) is 7.80. The van der Waals surface area contributed by atoms with Crippen molar-refractivity contribution >= 4 is 11.8 Å². The van der Waals surface area contributed by atoms with Crippen LogP contribution in [0, 0.1) is 5.41 Å². The number of likely N-dealkylation sites (tertiary alicyclic amines) is 1. The Kier molecular flexibility index (Phi) is 13.3. The van der Waals surface area contributed by atoms with Crippen LogP contribution in [0.3, 0.4) is 0 Å². The maximum absolute atomic E-state index is 12.9. The monoisotopic (exact) mass is 504 g/mol. The average molecular weight is 505 g/mol. The van der Waals surface area contributed by atoms with Crippen LogP contribution < -0.4 is 9.47 Å². The molecule has 1 saturated heterocycles. The fourth-order valence-corrected chi connectivity index (χ4v) is 4.92. The van der Waals surface area contributed by atoms with Gasteiger partial charge in [-0.3, -0.25) is 9.59 Å². The second kappa shape index (κ2) is 15.9. The minimum Gasteiger partial charge on any atom is -0.493 e. The molecule has 0 N–H and O–H groups in total. The molecule has 1 aromatic carbocycles. The number of piperidine rings is 1. The highest BCUT2D eigenvalue weighted by molar-refractivity contribution is 5.80. The van der Waals surface area contributed by atoms with Crippen molar-refractivity contribution in [2.45, 2.75) is 90.9 Å². The van der Waals surface area contributed by atoms with Gasteiger partial charge in [-0.25, -0.2) is 0 Å².